The van der Waals surface area contributed by atoms with Crippen molar-refractivity contribution < 1.29 is 14.3 Å². The van der Waals surface area contributed by atoms with Crippen molar-refractivity contribution in [1.29, 1.82) is 0 Å². The van der Waals surface area contributed by atoms with Crippen molar-refractivity contribution in [2.75, 3.05) is 7.11 Å². The largest absolute Gasteiger partial charge is 0.493 e. The van der Waals surface area contributed by atoms with Crippen molar-refractivity contribution in [2.45, 2.75) is 6.42 Å². The molecule has 0 N–H and O–H groups in total. The van der Waals surface area contributed by atoms with Gasteiger partial charge < -0.3 is 9.47 Å². The Labute approximate surface area is 148 Å². The van der Waals surface area contributed by atoms with Crippen molar-refractivity contribution in [2.24, 2.45) is 0 Å². The van der Waals surface area contributed by atoms with Gasteiger partial charge in [0.2, 0.25) is 0 Å². The summed E-state index contributed by atoms with van der Waals surface area (Å²) in [5.41, 5.74) is 1.50. The smallest absolute Gasteiger partial charge is 0.317 e. The van der Waals surface area contributed by atoms with Crippen molar-refractivity contribution in [3.63, 3.8) is 0 Å². The summed E-state index contributed by atoms with van der Waals surface area (Å²) >= 11 is 7.62. The van der Waals surface area contributed by atoms with E-state index < -0.39 is 5.97 Å². The molecule has 0 unspecified atom stereocenters. The van der Waals surface area contributed by atoms with Crippen molar-refractivity contribution >= 4 is 28.9 Å². The number of hydrogen-bond donors (Lipinski definition) is 0. The van der Waals surface area contributed by atoms with Crippen LogP contribution < -0.4 is 9.47 Å². The van der Waals surface area contributed by atoms with Crippen LogP contribution in [0.3, 0.4) is 0 Å². The summed E-state index contributed by atoms with van der Waals surface area (Å²) in [6.45, 7) is 0. The van der Waals surface area contributed by atoms with E-state index in [0.717, 1.165) is 10.6 Å². The first-order chi connectivity index (χ1) is 11.7. The average Bonchev–Trinajstić information content (AvgIpc) is 3.04. The van der Waals surface area contributed by atoms with Gasteiger partial charge in [-0.15, -0.1) is 11.3 Å². The van der Waals surface area contributed by atoms with Gasteiger partial charge in [0.1, 0.15) is 5.01 Å². The van der Waals surface area contributed by atoms with Gasteiger partial charge in [0, 0.05) is 10.9 Å². The zero-order valence-electron chi connectivity index (χ0n) is 12.9. The van der Waals surface area contributed by atoms with Gasteiger partial charge in [-0.3, -0.25) is 4.79 Å². The SMILES string of the molecule is COc1ccccc1OC(=O)Cc1csc(-c2ccccc2Cl)n1. The van der Waals surface area contributed by atoms with E-state index in [1.165, 1.54) is 18.4 Å². The van der Waals surface area contributed by atoms with E-state index >= 15 is 0 Å². The van der Waals surface area contributed by atoms with Crippen LogP contribution in [0.4, 0.5) is 0 Å². The summed E-state index contributed by atoms with van der Waals surface area (Å²) in [6.07, 6.45) is 0.0823. The highest BCUT2D eigenvalue weighted by atomic mass is 35.5. The minimum atomic E-state index is -0.393. The van der Waals surface area contributed by atoms with Gasteiger partial charge >= 0.3 is 5.97 Å². The number of hydrogen-bond acceptors (Lipinski definition) is 5. The van der Waals surface area contributed by atoms with Crippen LogP contribution >= 0.6 is 22.9 Å². The molecular weight excluding hydrogens is 346 g/mol. The van der Waals surface area contributed by atoms with E-state index in [2.05, 4.69) is 4.98 Å². The number of nitrogens with zero attached hydrogens (tertiary/aromatic N) is 1. The lowest BCUT2D eigenvalue weighted by molar-refractivity contribution is -0.133. The topological polar surface area (TPSA) is 48.4 Å². The molecule has 0 amide bonds. The van der Waals surface area contributed by atoms with E-state index in [0.29, 0.717) is 22.2 Å². The third-order valence-corrected chi connectivity index (χ3v) is 4.53. The monoisotopic (exact) mass is 359 g/mol. The molecule has 0 spiro atoms. The molecule has 0 bridgehead atoms. The third kappa shape index (κ3) is 3.75. The zero-order chi connectivity index (χ0) is 16.9. The fourth-order valence-electron chi connectivity index (χ4n) is 2.16. The number of carbonyl (C=O) groups is 1. The number of methoxy groups -OCH3 is 1. The van der Waals surface area contributed by atoms with Crippen LogP contribution in [0.25, 0.3) is 10.6 Å². The Bertz CT molecular complexity index is 863. The van der Waals surface area contributed by atoms with Gasteiger partial charge in [0.05, 0.1) is 24.2 Å². The zero-order valence-corrected chi connectivity index (χ0v) is 14.4. The van der Waals surface area contributed by atoms with Crippen LogP contribution in [0.2, 0.25) is 5.02 Å². The lowest BCUT2D eigenvalue weighted by Gasteiger charge is -2.07. The lowest BCUT2D eigenvalue weighted by Crippen LogP contribution is -2.12. The van der Waals surface area contributed by atoms with Gasteiger partial charge in [0.15, 0.2) is 11.5 Å². The van der Waals surface area contributed by atoms with Gasteiger partial charge in [-0.05, 0) is 18.2 Å². The van der Waals surface area contributed by atoms with Gasteiger partial charge in [-0.1, -0.05) is 41.9 Å². The van der Waals surface area contributed by atoms with Crippen LogP contribution in [0.1, 0.15) is 5.69 Å². The molecule has 0 aliphatic carbocycles. The molecule has 24 heavy (non-hydrogen) atoms. The van der Waals surface area contributed by atoms with Crippen molar-refractivity contribution in [1.82, 2.24) is 4.98 Å². The molecule has 0 saturated heterocycles. The Morgan fingerprint density at radius 3 is 2.58 bits per heavy atom. The quantitative estimate of drug-likeness (QED) is 0.492. The molecule has 6 heteroatoms. The van der Waals surface area contributed by atoms with Gasteiger partial charge in [-0.25, -0.2) is 4.98 Å². The summed E-state index contributed by atoms with van der Waals surface area (Å²) in [6, 6.07) is 14.5. The summed E-state index contributed by atoms with van der Waals surface area (Å²) in [5.74, 6) is 0.517. The van der Waals surface area contributed by atoms with E-state index in [1.807, 2.05) is 35.7 Å². The number of para-hydroxylation sites is 2. The molecule has 1 heterocycles. The highest BCUT2D eigenvalue weighted by Gasteiger charge is 2.14. The highest BCUT2D eigenvalue weighted by Crippen LogP contribution is 2.30. The minimum absolute atomic E-state index is 0.0823. The predicted molar refractivity (Wildman–Crippen MR) is 94.9 cm³/mol. The fraction of sp³-hybridized carbons (Fsp3) is 0.111. The second kappa shape index (κ2) is 7.47. The molecule has 2 aromatic carbocycles. The van der Waals surface area contributed by atoms with E-state index in [9.17, 15) is 4.79 Å². The molecule has 4 nitrogen and oxygen atoms in total. The Morgan fingerprint density at radius 2 is 1.83 bits per heavy atom. The first kappa shape index (κ1) is 16.5. The second-order valence-electron chi connectivity index (χ2n) is 4.93. The summed E-state index contributed by atoms with van der Waals surface area (Å²) in [4.78, 5) is 16.6. The first-order valence-electron chi connectivity index (χ1n) is 7.20. The molecule has 0 radical (unpaired) electrons. The predicted octanol–water partition coefficient (Wildman–Crippen LogP) is 4.62. The maximum atomic E-state index is 12.1. The number of carbonyl (C=O) groups excluding carboxylic acids is 1. The average molecular weight is 360 g/mol. The number of aromatic nitrogens is 1. The van der Waals surface area contributed by atoms with E-state index in [4.69, 9.17) is 21.1 Å². The van der Waals surface area contributed by atoms with Gasteiger partial charge in [0.25, 0.3) is 0 Å². The number of halogens is 1. The molecule has 0 atom stereocenters. The number of rotatable bonds is 5. The summed E-state index contributed by atoms with van der Waals surface area (Å²) in [7, 11) is 1.53. The fourth-order valence-corrected chi connectivity index (χ4v) is 3.30. The minimum Gasteiger partial charge on any atom is -0.493 e. The van der Waals surface area contributed by atoms with Crippen LogP contribution in [-0.4, -0.2) is 18.1 Å². The summed E-state index contributed by atoms with van der Waals surface area (Å²) < 4.78 is 10.5. The van der Waals surface area contributed by atoms with E-state index in [-0.39, 0.29) is 6.42 Å². The maximum Gasteiger partial charge on any atom is 0.317 e. The molecule has 0 aliphatic rings. The number of benzene rings is 2. The van der Waals surface area contributed by atoms with Crippen LogP contribution in [-0.2, 0) is 11.2 Å². The van der Waals surface area contributed by atoms with Crippen molar-refractivity contribution in [3.05, 3.63) is 64.6 Å². The van der Waals surface area contributed by atoms with Crippen LogP contribution in [0, 0.1) is 0 Å². The molecular formula is C18H14ClNO3S. The second-order valence-corrected chi connectivity index (χ2v) is 6.19. The Hall–Kier alpha value is -2.37. The molecule has 1 aromatic heterocycles. The van der Waals surface area contributed by atoms with Gasteiger partial charge in [-0.2, -0.15) is 0 Å². The molecule has 0 aliphatic heterocycles. The summed E-state index contributed by atoms with van der Waals surface area (Å²) in [5, 5.41) is 3.25. The molecule has 3 rings (SSSR count). The lowest BCUT2D eigenvalue weighted by atomic mass is 10.2. The Kier molecular flexibility index (Phi) is 5.13. The molecule has 0 fully saturated rings. The van der Waals surface area contributed by atoms with Crippen LogP contribution in [0.15, 0.2) is 53.9 Å². The highest BCUT2D eigenvalue weighted by molar-refractivity contribution is 7.13. The maximum absolute atomic E-state index is 12.1. The molecule has 3 aromatic rings. The molecule has 0 saturated carbocycles. The normalized spacial score (nSPS) is 10.4. The third-order valence-electron chi connectivity index (χ3n) is 3.27. The number of thiazole rings is 1. The van der Waals surface area contributed by atoms with Crippen molar-refractivity contribution in [3.8, 4) is 22.1 Å². The van der Waals surface area contributed by atoms with E-state index in [1.54, 1.807) is 18.2 Å². The number of esters is 1. The molecule has 122 valence electrons. The number of ether oxygens (including phenoxy) is 2. The Balaban J connectivity index is 1.71. The standard InChI is InChI=1S/C18H14ClNO3S/c1-22-15-8-4-5-9-16(15)23-17(21)10-12-11-24-18(20-12)13-6-2-3-7-14(13)19/h2-9,11H,10H2,1H3. The Morgan fingerprint density at radius 1 is 1.12 bits per heavy atom. The first-order valence-corrected chi connectivity index (χ1v) is 8.46. The van der Waals surface area contributed by atoms with Crippen LogP contribution in [0.5, 0.6) is 11.5 Å².